The van der Waals surface area contributed by atoms with Crippen LogP contribution in [0.25, 0.3) is 5.57 Å². The van der Waals surface area contributed by atoms with E-state index in [1.165, 1.54) is 6.92 Å². The Balaban J connectivity index is 2.35. The van der Waals surface area contributed by atoms with Gasteiger partial charge in [0.15, 0.2) is 5.82 Å². The summed E-state index contributed by atoms with van der Waals surface area (Å²) in [7, 11) is 0. The van der Waals surface area contributed by atoms with Crippen LogP contribution in [0.5, 0.6) is 0 Å². The van der Waals surface area contributed by atoms with E-state index in [4.69, 9.17) is 5.73 Å². The summed E-state index contributed by atoms with van der Waals surface area (Å²) in [4.78, 5) is 11.2. The van der Waals surface area contributed by atoms with Crippen LogP contribution in [0, 0.1) is 0 Å². The maximum absolute atomic E-state index is 14.0. The number of allylic oxidation sites excluding steroid dienone is 1. The Kier molecular flexibility index (Phi) is 5.03. The number of aliphatic hydroxyl groups is 1. The number of nitrogens with one attached hydrogen (secondary N) is 1. The summed E-state index contributed by atoms with van der Waals surface area (Å²) in [5.41, 5.74) is 5.52. The van der Waals surface area contributed by atoms with Crippen molar-refractivity contribution in [2.24, 2.45) is 0 Å². The molecular formula is C13H17F4N5O. The van der Waals surface area contributed by atoms with Crippen LogP contribution in [-0.2, 0) is 0 Å². The molecule has 0 fully saturated rings. The molecule has 10 heteroatoms. The predicted molar refractivity (Wildman–Crippen MR) is 75.9 cm³/mol. The average molecular weight is 335 g/mol. The molecule has 128 valence electrons. The molecule has 23 heavy (non-hydrogen) atoms. The molecule has 1 aromatic rings. The summed E-state index contributed by atoms with van der Waals surface area (Å²) < 4.78 is 52.4. The van der Waals surface area contributed by atoms with E-state index in [0.717, 1.165) is 0 Å². The molecule has 0 spiro atoms. The largest absolute Gasteiger partial charge is 0.408 e. The first-order valence-corrected chi connectivity index (χ1v) is 7.14. The molecule has 0 aromatic carbocycles. The quantitative estimate of drug-likeness (QED) is 0.731. The van der Waals surface area contributed by atoms with E-state index in [1.807, 2.05) is 0 Å². The van der Waals surface area contributed by atoms with Crippen molar-refractivity contribution in [3.63, 3.8) is 0 Å². The van der Waals surface area contributed by atoms with Crippen molar-refractivity contribution in [1.29, 1.82) is 0 Å². The van der Waals surface area contributed by atoms with Crippen LogP contribution in [0.2, 0.25) is 0 Å². The highest BCUT2D eigenvalue weighted by Crippen LogP contribution is 2.32. The SMILES string of the molecule is CC[C@@H](Nc1nc(N)nc(C2=C(F)C(O)CCC2)n1)C(F)(F)F. The molecule has 6 nitrogen and oxygen atoms in total. The van der Waals surface area contributed by atoms with E-state index in [9.17, 15) is 22.7 Å². The van der Waals surface area contributed by atoms with Crippen LogP contribution in [0.15, 0.2) is 5.83 Å². The molecule has 0 bridgehead atoms. The Labute approximate surface area is 129 Å². The van der Waals surface area contributed by atoms with Crippen LogP contribution in [0.1, 0.15) is 38.4 Å². The van der Waals surface area contributed by atoms with E-state index in [0.29, 0.717) is 6.42 Å². The van der Waals surface area contributed by atoms with E-state index < -0.39 is 24.1 Å². The minimum atomic E-state index is -4.48. The van der Waals surface area contributed by atoms with Crippen LogP contribution in [0.3, 0.4) is 0 Å². The van der Waals surface area contributed by atoms with Gasteiger partial charge in [-0.2, -0.15) is 28.1 Å². The lowest BCUT2D eigenvalue weighted by molar-refractivity contribution is -0.143. The first kappa shape index (κ1) is 17.4. The lowest BCUT2D eigenvalue weighted by Crippen LogP contribution is -2.36. The van der Waals surface area contributed by atoms with Gasteiger partial charge in [-0.15, -0.1) is 0 Å². The monoisotopic (exact) mass is 335 g/mol. The van der Waals surface area contributed by atoms with Gasteiger partial charge in [0.05, 0.1) is 0 Å². The highest BCUT2D eigenvalue weighted by atomic mass is 19.4. The van der Waals surface area contributed by atoms with Gasteiger partial charge in [-0.05, 0) is 25.7 Å². The molecule has 2 rings (SSSR count). The molecule has 1 aromatic heterocycles. The highest BCUT2D eigenvalue weighted by molar-refractivity contribution is 5.65. The van der Waals surface area contributed by atoms with Crippen molar-refractivity contribution < 1.29 is 22.7 Å². The zero-order valence-corrected chi connectivity index (χ0v) is 12.4. The molecule has 1 aliphatic rings. The number of nitrogen functional groups attached to an aromatic ring is 1. The number of aromatic nitrogens is 3. The normalized spacial score (nSPS) is 20.5. The van der Waals surface area contributed by atoms with Crippen molar-refractivity contribution in [2.45, 2.75) is 50.9 Å². The van der Waals surface area contributed by atoms with Crippen molar-refractivity contribution in [2.75, 3.05) is 11.1 Å². The molecule has 0 radical (unpaired) electrons. The van der Waals surface area contributed by atoms with Crippen LogP contribution in [-0.4, -0.2) is 38.4 Å². The molecule has 1 unspecified atom stereocenters. The molecule has 1 aliphatic carbocycles. The minimum Gasteiger partial charge on any atom is -0.386 e. The Morgan fingerprint density at radius 1 is 1.35 bits per heavy atom. The molecule has 0 aliphatic heterocycles. The van der Waals surface area contributed by atoms with E-state index in [1.54, 1.807) is 0 Å². The second-order valence-corrected chi connectivity index (χ2v) is 5.22. The number of rotatable bonds is 4. The smallest absolute Gasteiger partial charge is 0.386 e. The Morgan fingerprint density at radius 3 is 2.65 bits per heavy atom. The fourth-order valence-corrected chi connectivity index (χ4v) is 2.30. The fourth-order valence-electron chi connectivity index (χ4n) is 2.30. The van der Waals surface area contributed by atoms with Crippen LogP contribution < -0.4 is 11.1 Å². The Bertz CT molecular complexity index is 605. The van der Waals surface area contributed by atoms with Gasteiger partial charge in [-0.25, -0.2) is 4.39 Å². The number of anilines is 2. The van der Waals surface area contributed by atoms with Gasteiger partial charge >= 0.3 is 6.18 Å². The van der Waals surface area contributed by atoms with Gasteiger partial charge in [0.2, 0.25) is 11.9 Å². The maximum atomic E-state index is 14.0. The number of nitrogens with zero attached hydrogens (tertiary/aromatic N) is 3. The summed E-state index contributed by atoms with van der Waals surface area (Å²) in [6, 6.07) is -1.85. The predicted octanol–water partition coefficient (Wildman–Crippen LogP) is 2.43. The zero-order chi connectivity index (χ0) is 17.2. The van der Waals surface area contributed by atoms with Gasteiger partial charge in [0.1, 0.15) is 18.0 Å². The Morgan fingerprint density at radius 2 is 2.04 bits per heavy atom. The third kappa shape index (κ3) is 4.06. The standard InChI is InChI=1S/C13H17F4N5O/c1-2-8(13(15,16)17)19-12-21-10(20-11(18)22-12)6-4-3-5-7(23)9(6)14/h7-8,23H,2-5H2,1H3,(H3,18,19,20,21,22)/t7?,8-/m1/s1. The third-order valence-electron chi connectivity index (χ3n) is 3.51. The second kappa shape index (κ2) is 6.65. The van der Waals surface area contributed by atoms with E-state index >= 15 is 0 Å². The Hall–Kier alpha value is -1.97. The lowest BCUT2D eigenvalue weighted by atomic mass is 9.96. The first-order valence-electron chi connectivity index (χ1n) is 7.14. The molecule has 4 N–H and O–H groups in total. The van der Waals surface area contributed by atoms with Crippen molar-refractivity contribution in [1.82, 2.24) is 15.0 Å². The van der Waals surface area contributed by atoms with Gasteiger partial charge in [0.25, 0.3) is 0 Å². The zero-order valence-electron chi connectivity index (χ0n) is 12.4. The van der Waals surface area contributed by atoms with Crippen molar-refractivity contribution in [3.8, 4) is 0 Å². The first-order chi connectivity index (χ1) is 10.7. The average Bonchev–Trinajstić information content (AvgIpc) is 2.45. The summed E-state index contributed by atoms with van der Waals surface area (Å²) >= 11 is 0. The number of hydrogen-bond acceptors (Lipinski definition) is 6. The topological polar surface area (TPSA) is 97.0 Å². The minimum absolute atomic E-state index is 0.0426. The number of halogens is 4. The summed E-state index contributed by atoms with van der Waals surface area (Å²) in [6.07, 6.45) is -4.93. The number of hydrogen-bond donors (Lipinski definition) is 3. The second-order valence-electron chi connectivity index (χ2n) is 5.22. The highest BCUT2D eigenvalue weighted by Gasteiger charge is 2.39. The van der Waals surface area contributed by atoms with Gasteiger partial charge in [-0.3, -0.25) is 0 Å². The third-order valence-corrected chi connectivity index (χ3v) is 3.51. The van der Waals surface area contributed by atoms with Gasteiger partial charge in [0, 0.05) is 5.57 Å². The molecule has 0 saturated carbocycles. The fraction of sp³-hybridized carbons (Fsp3) is 0.615. The lowest BCUT2D eigenvalue weighted by Gasteiger charge is -2.21. The number of aliphatic hydroxyl groups excluding tert-OH is 1. The molecule has 2 atom stereocenters. The van der Waals surface area contributed by atoms with E-state index in [-0.39, 0.29) is 42.6 Å². The number of nitrogens with two attached hydrogens (primary N) is 1. The van der Waals surface area contributed by atoms with Gasteiger partial charge < -0.3 is 16.2 Å². The summed E-state index contributed by atoms with van der Waals surface area (Å²) in [6.45, 7) is 1.36. The number of alkyl halides is 3. The molecule has 1 heterocycles. The molecule has 0 amide bonds. The van der Waals surface area contributed by atoms with E-state index in [2.05, 4.69) is 20.3 Å². The van der Waals surface area contributed by atoms with Crippen LogP contribution >= 0.6 is 0 Å². The van der Waals surface area contributed by atoms with Crippen molar-refractivity contribution >= 4 is 17.5 Å². The molecular weight excluding hydrogens is 318 g/mol. The summed E-state index contributed by atoms with van der Waals surface area (Å²) in [5, 5.41) is 11.7. The maximum Gasteiger partial charge on any atom is 0.408 e. The van der Waals surface area contributed by atoms with Gasteiger partial charge in [-0.1, -0.05) is 6.92 Å². The summed E-state index contributed by atoms with van der Waals surface area (Å²) in [5.74, 6) is -1.64. The van der Waals surface area contributed by atoms with Crippen molar-refractivity contribution in [3.05, 3.63) is 11.7 Å². The van der Waals surface area contributed by atoms with Crippen LogP contribution in [0.4, 0.5) is 29.5 Å². The molecule has 0 saturated heterocycles.